The average Bonchev–Trinajstić information content (AvgIpc) is 3.53. The summed E-state index contributed by atoms with van der Waals surface area (Å²) in [5, 5.41) is 9.05. The number of imide groups is 2. The number of carbonyl (C=O) groups is 5. The van der Waals surface area contributed by atoms with Gasteiger partial charge in [0, 0.05) is 75.9 Å². The number of rotatable bonds is 12. The lowest BCUT2D eigenvalue weighted by Gasteiger charge is -2.47. The van der Waals surface area contributed by atoms with Gasteiger partial charge >= 0.3 is 0 Å². The second-order valence-corrected chi connectivity index (χ2v) is 17.8. The van der Waals surface area contributed by atoms with Gasteiger partial charge in [-0.15, -0.1) is 0 Å². The molecule has 5 aliphatic rings. The molecule has 18 nitrogen and oxygen atoms in total. The summed E-state index contributed by atoms with van der Waals surface area (Å²) < 4.78 is 29.8. The van der Waals surface area contributed by atoms with Gasteiger partial charge in [0.15, 0.2) is 24.0 Å². The molecule has 0 radical (unpaired) electrons. The summed E-state index contributed by atoms with van der Waals surface area (Å²) in [6, 6.07) is 9.24. The summed E-state index contributed by atoms with van der Waals surface area (Å²) in [7, 11) is 1.50. The van der Waals surface area contributed by atoms with E-state index >= 15 is 4.39 Å². The van der Waals surface area contributed by atoms with Gasteiger partial charge < -0.3 is 34.5 Å². The second-order valence-electron chi connectivity index (χ2n) is 17.4. The lowest BCUT2D eigenvalue weighted by Crippen LogP contribution is -2.56. The van der Waals surface area contributed by atoms with E-state index in [0.717, 1.165) is 36.0 Å². The van der Waals surface area contributed by atoms with Crippen molar-refractivity contribution >= 4 is 75.2 Å². The SMILES string of the molecule is CNC(=O)COc1cc2cc(Nc3nc(N4CCC(OC5CC(N6CCN(c7ccc8c(c7F)C(=O)N(C7CCC(=O)NC7=O)C8=O)CC6)C5)CC4)ncc3Cl)ccc2n(C(C)C)c1=O. The lowest BCUT2D eigenvalue weighted by atomic mass is 9.87. The zero-order valence-electron chi connectivity index (χ0n) is 36.3. The van der Waals surface area contributed by atoms with Gasteiger partial charge in [-0.3, -0.25) is 43.9 Å². The number of piperazine rings is 1. The molecule has 20 heteroatoms. The quantitative estimate of drug-likeness (QED) is 0.174. The van der Waals surface area contributed by atoms with Crippen LogP contribution in [-0.2, 0) is 19.1 Å². The van der Waals surface area contributed by atoms with Crippen LogP contribution in [-0.4, -0.2) is 131 Å². The highest BCUT2D eigenvalue weighted by Crippen LogP contribution is 2.37. The highest BCUT2D eigenvalue weighted by molar-refractivity contribution is 6.33. The third kappa shape index (κ3) is 8.59. The van der Waals surface area contributed by atoms with Crippen LogP contribution in [0.3, 0.4) is 0 Å². The predicted molar refractivity (Wildman–Crippen MR) is 238 cm³/mol. The van der Waals surface area contributed by atoms with E-state index in [-0.39, 0.29) is 71.7 Å². The number of anilines is 4. The summed E-state index contributed by atoms with van der Waals surface area (Å²) in [6.45, 7) is 7.45. The minimum Gasteiger partial charge on any atom is -0.478 e. The number of hydrogen-bond donors (Lipinski definition) is 3. The fourth-order valence-electron chi connectivity index (χ4n) is 9.45. The lowest BCUT2D eigenvalue weighted by molar-refractivity contribution is -0.136. The standard InChI is InChI=1S/C45H50ClFN10O8/c1-24(2)56-32-6-4-26(18-25(32)19-35(43(56)62)64-23-37(59)48-3)50-40-31(46)22-49-45(52-40)55-12-10-28(11-13-55)65-29-20-27(21-29)53-14-16-54(17-15-53)33-7-5-30-38(39(33)47)44(63)57(42(30)61)34-8-9-36(58)51-41(34)60/h4-7,18-19,22,24,27-29,34H,8-17,20-21,23H2,1-3H3,(H,48,59)(H,49,50,52)(H,51,58,60). The van der Waals surface area contributed by atoms with Gasteiger partial charge in [-0.1, -0.05) is 11.6 Å². The number of likely N-dealkylation sites (N-methyl/N-ethyl adjacent to an activating group) is 1. The van der Waals surface area contributed by atoms with Crippen LogP contribution >= 0.6 is 11.6 Å². The fourth-order valence-corrected chi connectivity index (χ4v) is 9.59. The number of benzene rings is 2. The number of halogens is 2. The van der Waals surface area contributed by atoms with Gasteiger partial charge in [0.05, 0.1) is 40.7 Å². The second kappa shape index (κ2) is 18.0. The van der Waals surface area contributed by atoms with Crippen LogP contribution in [0.2, 0.25) is 5.02 Å². The van der Waals surface area contributed by atoms with E-state index in [1.54, 1.807) is 16.8 Å². The van der Waals surface area contributed by atoms with Gasteiger partial charge in [-0.05, 0) is 82.3 Å². The molecule has 1 aliphatic carbocycles. The Morgan fingerprint density at radius 2 is 1.69 bits per heavy atom. The average molecular weight is 913 g/mol. The first kappa shape index (κ1) is 44.0. The molecule has 4 aliphatic heterocycles. The van der Waals surface area contributed by atoms with E-state index in [1.807, 2.05) is 36.9 Å². The minimum absolute atomic E-state index is 0.00401. The maximum Gasteiger partial charge on any atom is 0.293 e. The summed E-state index contributed by atoms with van der Waals surface area (Å²) in [4.78, 5) is 92.1. The highest BCUT2D eigenvalue weighted by Gasteiger charge is 2.47. The summed E-state index contributed by atoms with van der Waals surface area (Å²) in [6.07, 6.45) is 5.27. The Bertz CT molecular complexity index is 2640. The topological polar surface area (TPSA) is 201 Å². The van der Waals surface area contributed by atoms with Gasteiger partial charge in [0.25, 0.3) is 23.3 Å². The zero-order chi connectivity index (χ0) is 45.7. The van der Waals surface area contributed by atoms with E-state index in [9.17, 15) is 28.8 Å². The van der Waals surface area contributed by atoms with Crippen LogP contribution in [0.15, 0.2) is 47.4 Å². The Hall–Kier alpha value is -6.18. The molecule has 1 saturated carbocycles. The van der Waals surface area contributed by atoms with Crippen molar-refractivity contribution in [1.29, 1.82) is 0 Å². The van der Waals surface area contributed by atoms with Crippen molar-refractivity contribution in [1.82, 2.24) is 35.0 Å². The first-order valence-electron chi connectivity index (χ1n) is 22.0. The molecule has 1 unspecified atom stereocenters. The number of nitrogens with zero attached hydrogens (tertiary/aromatic N) is 7. The number of amides is 5. The third-order valence-corrected chi connectivity index (χ3v) is 13.3. The molecule has 5 amide bonds. The molecule has 0 bridgehead atoms. The minimum atomic E-state index is -1.16. The van der Waals surface area contributed by atoms with E-state index in [4.69, 9.17) is 26.1 Å². The molecule has 2 aromatic carbocycles. The molecule has 4 aromatic rings. The normalized spacial score (nSPS) is 21.8. The Kier molecular flexibility index (Phi) is 12.2. The number of fused-ring (bicyclic) bond motifs is 2. The monoisotopic (exact) mass is 912 g/mol. The Balaban J connectivity index is 0.752. The summed E-state index contributed by atoms with van der Waals surface area (Å²) in [5.74, 6) is -2.84. The van der Waals surface area contributed by atoms with Crippen LogP contribution in [0.1, 0.15) is 79.1 Å². The molecular formula is C45H50ClFN10O8. The van der Waals surface area contributed by atoms with E-state index in [0.29, 0.717) is 73.3 Å². The number of aromatic nitrogens is 3. The molecule has 342 valence electrons. The number of ether oxygens (including phenoxy) is 2. The van der Waals surface area contributed by atoms with E-state index in [2.05, 4.69) is 30.7 Å². The number of carbonyl (C=O) groups excluding carboxylic acids is 5. The largest absolute Gasteiger partial charge is 0.478 e. The van der Waals surface area contributed by atoms with Crippen LogP contribution in [0.25, 0.3) is 10.9 Å². The zero-order valence-corrected chi connectivity index (χ0v) is 37.0. The third-order valence-electron chi connectivity index (χ3n) is 13.0. The number of hydrogen-bond acceptors (Lipinski definition) is 14. The van der Waals surface area contributed by atoms with Crippen molar-refractivity contribution in [2.24, 2.45) is 0 Å². The van der Waals surface area contributed by atoms with Crippen LogP contribution < -0.4 is 36.0 Å². The number of pyridine rings is 1. The predicted octanol–water partition coefficient (Wildman–Crippen LogP) is 3.77. The van der Waals surface area contributed by atoms with Crippen LogP contribution in [0, 0.1) is 5.82 Å². The molecule has 3 N–H and O–H groups in total. The molecule has 1 atom stereocenters. The number of piperidine rings is 2. The van der Waals surface area contributed by atoms with Crippen molar-refractivity contribution in [3.05, 3.63) is 74.9 Å². The first-order chi connectivity index (χ1) is 31.3. The molecule has 2 aromatic heterocycles. The van der Waals surface area contributed by atoms with Crippen molar-refractivity contribution in [3.8, 4) is 5.75 Å². The van der Waals surface area contributed by atoms with Gasteiger partial charge in [-0.2, -0.15) is 4.98 Å². The van der Waals surface area contributed by atoms with E-state index in [1.165, 1.54) is 19.2 Å². The van der Waals surface area contributed by atoms with Crippen molar-refractivity contribution in [2.45, 2.75) is 82.7 Å². The fraction of sp³-hybridized carbons (Fsp3) is 0.467. The Morgan fingerprint density at radius 1 is 0.938 bits per heavy atom. The van der Waals surface area contributed by atoms with Crippen LogP contribution in [0.5, 0.6) is 5.75 Å². The molecule has 6 heterocycles. The molecule has 3 saturated heterocycles. The Labute approximate surface area is 378 Å². The van der Waals surface area contributed by atoms with Crippen molar-refractivity contribution < 1.29 is 37.8 Å². The molecule has 0 spiro atoms. The maximum atomic E-state index is 16.0. The molecular weight excluding hydrogens is 863 g/mol. The number of nitrogens with one attached hydrogen (secondary N) is 3. The van der Waals surface area contributed by atoms with Gasteiger partial charge in [-0.25, -0.2) is 9.37 Å². The smallest absolute Gasteiger partial charge is 0.293 e. The van der Waals surface area contributed by atoms with Gasteiger partial charge in [0.2, 0.25) is 17.8 Å². The molecule has 4 fully saturated rings. The first-order valence-corrected chi connectivity index (χ1v) is 22.4. The summed E-state index contributed by atoms with van der Waals surface area (Å²) in [5.41, 5.74) is 0.934. The maximum absolute atomic E-state index is 16.0. The molecule has 65 heavy (non-hydrogen) atoms. The molecule has 9 rings (SSSR count). The van der Waals surface area contributed by atoms with Crippen molar-refractivity contribution in [2.75, 3.05) is 68.0 Å². The van der Waals surface area contributed by atoms with E-state index < -0.39 is 35.5 Å². The highest BCUT2D eigenvalue weighted by atomic mass is 35.5. The van der Waals surface area contributed by atoms with Gasteiger partial charge in [0.1, 0.15) is 11.1 Å². The summed E-state index contributed by atoms with van der Waals surface area (Å²) >= 11 is 6.58. The van der Waals surface area contributed by atoms with Crippen molar-refractivity contribution in [3.63, 3.8) is 0 Å². The Morgan fingerprint density at radius 3 is 2.40 bits per heavy atom. The van der Waals surface area contributed by atoms with Crippen LogP contribution in [0.4, 0.5) is 27.5 Å².